The second-order valence-electron chi connectivity index (χ2n) is 6.77. The molecule has 2 amide bonds. The molecule has 0 bridgehead atoms. The summed E-state index contributed by atoms with van der Waals surface area (Å²) in [4.78, 5) is 11.6. The molecule has 0 saturated carbocycles. The van der Waals surface area contributed by atoms with Crippen molar-refractivity contribution in [2.75, 3.05) is 12.3 Å². The van der Waals surface area contributed by atoms with Crippen LogP contribution in [0.5, 0.6) is 0 Å². The second kappa shape index (κ2) is 7.69. The van der Waals surface area contributed by atoms with Crippen molar-refractivity contribution >= 4 is 15.9 Å². The first-order chi connectivity index (χ1) is 11.6. The summed E-state index contributed by atoms with van der Waals surface area (Å²) < 4.78 is 29.4. The zero-order valence-corrected chi connectivity index (χ0v) is 15.4. The summed E-state index contributed by atoms with van der Waals surface area (Å²) in [5, 5.41) is 9.14. The van der Waals surface area contributed by atoms with Crippen LogP contribution in [0, 0.1) is 0 Å². The van der Waals surface area contributed by atoms with Gasteiger partial charge in [0.25, 0.3) is 0 Å². The Hall–Kier alpha value is -2.35. The maximum absolute atomic E-state index is 12.2. The van der Waals surface area contributed by atoms with Crippen molar-refractivity contribution in [1.82, 2.24) is 15.8 Å². The number of hydrogen-bond acceptors (Lipinski definition) is 5. The summed E-state index contributed by atoms with van der Waals surface area (Å²) in [6, 6.07) is 10.6. The van der Waals surface area contributed by atoms with Crippen LogP contribution in [0.15, 0.2) is 40.9 Å². The summed E-state index contributed by atoms with van der Waals surface area (Å²) in [6.07, 6.45) is 0. The number of amides is 2. The molecule has 8 heteroatoms. The highest BCUT2D eigenvalue weighted by molar-refractivity contribution is 7.90. The standard InChI is InChI=1S/C17H23N3O4S/c1-17(2,3)19-16(21)18-9-10-25(22,23)12-14-11-15(20-24-14)13-7-5-4-6-8-13/h4-8,11H,9-10,12H2,1-3H3,(H2,18,19,21). The molecule has 1 aromatic heterocycles. The Labute approximate surface area is 147 Å². The Kier molecular flexibility index (Phi) is 5.84. The van der Waals surface area contributed by atoms with Crippen LogP contribution in [0.3, 0.4) is 0 Å². The SMILES string of the molecule is CC(C)(C)NC(=O)NCCS(=O)(=O)Cc1cc(-c2ccccc2)no1. The van der Waals surface area contributed by atoms with Crippen LogP contribution in [0.25, 0.3) is 11.3 Å². The maximum Gasteiger partial charge on any atom is 0.315 e. The van der Waals surface area contributed by atoms with E-state index in [1.165, 1.54) is 0 Å². The van der Waals surface area contributed by atoms with Crippen LogP contribution in [0.1, 0.15) is 26.5 Å². The molecule has 0 atom stereocenters. The first-order valence-corrected chi connectivity index (χ1v) is 9.74. The smallest absolute Gasteiger partial charge is 0.315 e. The minimum Gasteiger partial charge on any atom is -0.360 e. The number of rotatable bonds is 6. The minimum absolute atomic E-state index is 0.0317. The first kappa shape index (κ1) is 19.0. The Morgan fingerprint density at radius 3 is 2.52 bits per heavy atom. The second-order valence-corrected chi connectivity index (χ2v) is 8.95. The molecule has 0 unspecified atom stereocenters. The molecule has 2 N–H and O–H groups in total. The lowest BCUT2D eigenvalue weighted by molar-refractivity contribution is 0.232. The van der Waals surface area contributed by atoms with Crippen molar-refractivity contribution in [3.8, 4) is 11.3 Å². The highest BCUT2D eigenvalue weighted by Gasteiger charge is 2.18. The third-order valence-electron chi connectivity index (χ3n) is 3.18. The van der Waals surface area contributed by atoms with Gasteiger partial charge in [0.05, 0.1) is 5.75 Å². The number of benzene rings is 1. The zero-order chi connectivity index (χ0) is 18.5. The van der Waals surface area contributed by atoms with Crippen molar-refractivity contribution in [1.29, 1.82) is 0 Å². The number of carbonyl (C=O) groups excluding carboxylic acids is 1. The van der Waals surface area contributed by atoms with E-state index in [2.05, 4.69) is 15.8 Å². The van der Waals surface area contributed by atoms with Gasteiger partial charge in [-0.3, -0.25) is 0 Å². The van der Waals surface area contributed by atoms with E-state index in [1.54, 1.807) is 6.07 Å². The van der Waals surface area contributed by atoms with Gasteiger partial charge in [-0.1, -0.05) is 35.5 Å². The lowest BCUT2D eigenvalue weighted by atomic mass is 10.1. The van der Waals surface area contributed by atoms with Crippen molar-refractivity contribution in [3.05, 3.63) is 42.2 Å². The number of sulfone groups is 1. The largest absolute Gasteiger partial charge is 0.360 e. The van der Waals surface area contributed by atoms with Crippen LogP contribution in [-0.4, -0.2) is 37.4 Å². The van der Waals surface area contributed by atoms with E-state index >= 15 is 0 Å². The fourth-order valence-electron chi connectivity index (χ4n) is 2.12. The Morgan fingerprint density at radius 2 is 1.88 bits per heavy atom. The molecule has 2 rings (SSSR count). The summed E-state index contributed by atoms with van der Waals surface area (Å²) in [5.41, 5.74) is 1.07. The normalized spacial score (nSPS) is 12.0. The molecular weight excluding hydrogens is 342 g/mol. The lowest BCUT2D eigenvalue weighted by Gasteiger charge is -2.20. The Bertz CT molecular complexity index is 808. The Morgan fingerprint density at radius 1 is 1.20 bits per heavy atom. The molecular formula is C17H23N3O4S. The van der Waals surface area contributed by atoms with E-state index < -0.39 is 15.9 Å². The average Bonchev–Trinajstić information content (AvgIpc) is 2.93. The third kappa shape index (κ3) is 6.58. The van der Waals surface area contributed by atoms with E-state index in [0.717, 1.165) is 5.56 Å². The van der Waals surface area contributed by atoms with Gasteiger partial charge in [0, 0.05) is 23.7 Å². The molecule has 1 heterocycles. The topological polar surface area (TPSA) is 101 Å². The van der Waals surface area contributed by atoms with Crippen LogP contribution in [-0.2, 0) is 15.6 Å². The number of nitrogens with zero attached hydrogens (tertiary/aromatic N) is 1. The summed E-state index contributed by atoms with van der Waals surface area (Å²) >= 11 is 0. The third-order valence-corrected chi connectivity index (χ3v) is 4.73. The van der Waals surface area contributed by atoms with Gasteiger partial charge in [-0.15, -0.1) is 0 Å². The molecule has 0 radical (unpaired) electrons. The predicted octanol–water partition coefficient (Wildman–Crippen LogP) is 2.35. The van der Waals surface area contributed by atoms with Crippen LogP contribution < -0.4 is 10.6 Å². The molecule has 7 nitrogen and oxygen atoms in total. The average molecular weight is 365 g/mol. The Balaban J connectivity index is 1.87. The summed E-state index contributed by atoms with van der Waals surface area (Å²) in [5.74, 6) is -0.153. The molecule has 0 aliphatic carbocycles. The van der Waals surface area contributed by atoms with Crippen LogP contribution in [0.2, 0.25) is 0 Å². The number of nitrogens with one attached hydrogen (secondary N) is 2. The quantitative estimate of drug-likeness (QED) is 0.818. The molecule has 0 fully saturated rings. The highest BCUT2D eigenvalue weighted by Crippen LogP contribution is 2.19. The number of aromatic nitrogens is 1. The van der Waals surface area contributed by atoms with E-state index in [0.29, 0.717) is 5.69 Å². The van der Waals surface area contributed by atoms with Gasteiger partial charge in [0.2, 0.25) is 0 Å². The predicted molar refractivity (Wildman–Crippen MR) is 95.7 cm³/mol. The lowest BCUT2D eigenvalue weighted by Crippen LogP contribution is -2.47. The molecule has 0 saturated heterocycles. The van der Waals surface area contributed by atoms with Crippen molar-refractivity contribution in [2.24, 2.45) is 0 Å². The number of hydrogen-bond donors (Lipinski definition) is 2. The number of urea groups is 1. The molecule has 2 aromatic rings. The first-order valence-electron chi connectivity index (χ1n) is 7.92. The van der Waals surface area contributed by atoms with Gasteiger partial charge >= 0.3 is 6.03 Å². The molecule has 0 aliphatic rings. The summed E-state index contributed by atoms with van der Waals surface area (Å²) in [7, 11) is -3.42. The van der Waals surface area contributed by atoms with Crippen molar-refractivity contribution in [3.63, 3.8) is 0 Å². The summed E-state index contributed by atoms with van der Waals surface area (Å²) in [6.45, 7) is 5.57. The van der Waals surface area contributed by atoms with E-state index in [4.69, 9.17) is 4.52 Å². The molecule has 136 valence electrons. The van der Waals surface area contributed by atoms with Gasteiger partial charge in [0.1, 0.15) is 11.4 Å². The van der Waals surface area contributed by atoms with E-state index in [-0.39, 0.29) is 29.3 Å². The highest BCUT2D eigenvalue weighted by atomic mass is 32.2. The fraction of sp³-hybridized carbons (Fsp3) is 0.412. The van der Waals surface area contributed by atoms with Gasteiger partial charge in [0.15, 0.2) is 15.6 Å². The van der Waals surface area contributed by atoms with Crippen LogP contribution in [0.4, 0.5) is 4.79 Å². The molecule has 1 aromatic carbocycles. The zero-order valence-electron chi connectivity index (χ0n) is 14.6. The van der Waals surface area contributed by atoms with Crippen molar-refractivity contribution < 1.29 is 17.7 Å². The van der Waals surface area contributed by atoms with Crippen LogP contribution >= 0.6 is 0 Å². The fourth-order valence-corrected chi connectivity index (χ4v) is 3.25. The van der Waals surface area contributed by atoms with E-state index in [1.807, 2.05) is 51.1 Å². The molecule has 0 spiro atoms. The number of carbonyl (C=O) groups is 1. The van der Waals surface area contributed by atoms with Crippen molar-refractivity contribution in [2.45, 2.75) is 32.1 Å². The monoisotopic (exact) mass is 365 g/mol. The van der Waals surface area contributed by atoms with Gasteiger partial charge < -0.3 is 15.2 Å². The maximum atomic E-state index is 12.2. The van der Waals surface area contributed by atoms with Gasteiger partial charge in [-0.25, -0.2) is 13.2 Å². The van der Waals surface area contributed by atoms with Gasteiger partial charge in [-0.05, 0) is 20.8 Å². The molecule has 0 aliphatic heterocycles. The van der Waals surface area contributed by atoms with E-state index in [9.17, 15) is 13.2 Å². The minimum atomic E-state index is -3.42. The van der Waals surface area contributed by atoms with Gasteiger partial charge in [-0.2, -0.15) is 0 Å². The molecule has 25 heavy (non-hydrogen) atoms.